The third-order valence-corrected chi connectivity index (χ3v) is 4.51. The average Bonchev–Trinajstić information content (AvgIpc) is 2.45. The Hall–Kier alpha value is -1.28. The second-order valence-electron chi connectivity index (χ2n) is 6.74. The molecule has 7 nitrogen and oxygen atoms in total. The summed E-state index contributed by atoms with van der Waals surface area (Å²) in [4.78, 5) is 36.2. The Kier molecular flexibility index (Phi) is 9.99. The molecule has 0 aromatic heterocycles. The molecule has 0 rings (SSSR count). The van der Waals surface area contributed by atoms with Gasteiger partial charge in [0.1, 0.15) is 6.04 Å². The highest BCUT2D eigenvalue weighted by Crippen LogP contribution is 2.07. The van der Waals surface area contributed by atoms with E-state index >= 15 is 0 Å². The topological polar surface area (TPSA) is 118 Å². The highest BCUT2D eigenvalue weighted by atomic mass is 32.2. The molecule has 0 aromatic rings. The van der Waals surface area contributed by atoms with E-state index in [4.69, 9.17) is 5.73 Å². The lowest BCUT2D eigenvalue weighted by molar-refractivity contribution is -0.133. The summed E-state index contributed by atoms with van der Waals surface area (Å²) in [6, 6.07) is -2.19. The smallest absolute Gasteiger partial charge is 0.243 e. The molecule has 4 unspecified atom stereocenters. The Bertz CT molecular complexity index is 480. The Morgan fingerprint density at radius 1 is 0.958 bits per heavy atom. The Morgan fingerprint density at radius 2 is 1.42 bits per heavy atom. The second-order valence-corrected chi connectivity index (χ2v) is 8.30. The van der Waals surface area contributed by atoms with Crippen molar-refractivity contribution < 1.29 is 18.6 Å². The largest absolute Gasteiger partial charge is 0.344 e. The summed E-state index contributed by atoms with van der Waals surface area (Å²) in [7, 11) is -1.03. The number of amides is 2. The molecule has 0 aliphatic carbocycles. The third-order valence-electron chi connectivity index (χ3n) is 3.70. The van der Waals surface area contributed by atoms with Gasteiger partial charge in [0.05, 0.1) is 12.1 Å². The van der Waals surface area contributed by atoms with Gasteiger partial charge in [-0.3, -0.25) is 18.6 Å². The maximum Gasteiger partial charge on any atom is 0.243 e. The zero-order chi connectivity index (χ0) is 19.0. The number of hydrogen-bond acceptors (Lipinski definition) is 5. The van der Waals surface area contributed by atoms with Crippen LogP contribution < -0.4 is 16.4 Å². The molecule has 0 aliphatic rings. The summed E-state index contributed by atoms with van der Waals surface area (Å²) in [5.74, 6) is -0.878. The molecule has 0 radical (unpaired) electrons. The van der Waals surface area contributed by atoms with Crippen LogP contribution in [-0.2, 0) is 25.2 Å². The fourth-order valence-electron chi connectivity index (χ4n) is 2.20. The molecule has 0 bridgehead atoms. The van der Waals surface area contributed by atoms with Gasteiger partial charge in [-0.15, -0.1) is 0 Å². The number of nitrogens with one attached hydrogen (secondary N) is 2. The van der Waals surface area contributed by atoms with Crippen LogP contribution in [0.25, 0.3) is 0 Å². The quantitative estimate of drug-likeness (QED) is 0.504. The maximum absolute atomic E-state index is 12.5. The van der Waals surface area contributed by atoms with Crippen molar-refractivity contribution in [1.29, 1.82) is 0 Å². The highest BCUT2D eigenvalue weighted by molar-refractivity contribution is 7.84. The molecule has 0 saturated heterocycles. The van der Waals surface area contributed by atoms with Crippen molar-refractivity contribution in [2.75, 3.05) is 12.0 Å². The van der Waals surface area contributed by atoms with Crippen molar-refractivity contribution in [1.82, 2.24) is 10.6 Å². The molecule has 0 heterocycles. The monoisotopic (exact) mass is 361 g/mol. The molecule has 4 atom stereocenters. The first kappa shape index (κ1) is 22.7. The number of Topliss-reactive ketones (excluding diaryl/α,β-unsaturated/α-hetero) is 1. The van der Waals surface area contributed by atoms with Gasteiger partial charge in [-0.1, -0.05) is 27.7 Å². The average molecular weight is 362 g/mol. The van der Waals surface area contributed by atoms with Gasteiger partial charge in [0.2, 0.25) is 11.8 Å². The zero-order valence-corrected chi connectivity index (χ0v) is 16.2. The van der Waals surface area contributed by atoms with Crippen LogP contribution in [0.1, 0.15) is 41.0 Å². The van der Waals surface area contributed by atoms with Crippen LogP contribution in [0.2, 0.25) is 0 Å². The molecule has 8 heteroatoms. The van der Waals surface area contributed by atoms with Gasteiger partial charge in [-0.2, -0.15) is 0 Å². The fraction of sp³-hybridized carbons (Fsp3) is 0.812. The molecule has 140 valence electrons. The van der Waals surface area contributed by atoms with E-state index in [2.05, 4.69) is 10.6 Å². The lowest BCUT2D eigenvalue weighted by Gasteiger charge is -2.27. The second kappa shape index (κ2) is 10.6. The summed E-state index contributed by atoms with van der Waals surface area (Å²) in [5.41, 5.74) is 5.78. The van der Waals surface area contributed by atoms with E-state index in [0.29, 0.717) is 5.75 Å². The van der Waals surface area contributed by atoms with Gasteiger partial charge in [0.25, 0.3) is 0 Å². The minimum atomic E-state index is -1.03. The van der Waals surface area contributed by atoms with Crippen LogP contribution >= 0.6 is 0 Å². The Morgan fingerprint density at radius 3 is 1.79 bits per heavy atom. The van der Waals surface area contributed by atoms with E-state index < -0.39 is 40.7 Å². The number of carbonyl (C=O) groups excluding carboxylic acids is 3. The van der Waals surface area contributed by atoms with E-state index in [9.17, 15) is 18.6 Å². The molecule has 0 aromatic carbocycles. The molecule has 2 amide bonds. The maximum atomic E-state index is 12.5. The Labute approximate surface area is 147 Å². The highest BCUT2D eigenvalue weighted by Gasteiger charge is 2.30. The van der Waals surface area contributed by atoms with Crippen molar-refractivity contribution in [3.63, 3.8) is 0 Å². The van der Waals surface area contributed by atoms with Gasteiger partial charge in [0.15, 0.2) is 5.78 Å². The minimum absolute atomic E-state index is 0.0447. The van der Waals surface area contributed by atoms with Crippen LogP contribution in [0.4, 0.5) is 0 Å². The van der Waals surface area contributed by atoms with Gasteiger partial charge in [0, 0.05) is 22.8 Å². The van der Waals surface area contributed by atoms with E-state index in [1.54, 1.807) is 20.1 Å². The molecule has 0 fully saturated rings. The summed E-state index contributed by atoms with van der Waals surface area (Å²) in [6.07, 6.45) is 1.83. The number of rotatable bonds is 10. The molecular formula is C16H31N3O4S. The van der Waals surface area contributed by atoms with Gasteiger partial charge in [-0.25, -0.2) is 0 Å². The van der Waals surface area contributed by atoms with Crippen molar-refractivity contribution in [2.24, 2.45) is 17.6 Å². The SMILES string of the molecule is CC(=O)C(NC(=O)C(NC(=O)C(N)CCS(C)=O)C(C)C)C(C)C. The molecule has 24 heavy (non-hydrogen) atoms. The summed E-state index contributed by atoms with van der Waals surface area (Å²) in [5, 5.41) is 5.34. The predicted octanol–water partition coefficient (Wildman–Crippen LogP) is -0.0471. The first-order valence-corrected chi connectivity index (χ1v) is 9.86. The molecule has 0 spiro atoms. The number of nitrogens with two attached hydrogens (primary N) is 1. The fourth-order valence-corrected chi connectivity index (χ4v) is 2.79. The number of hydrogen-bond donors (Lipinski definition) is 3. The van der Waals surface area contributed by atoms with Crippen LogP contribution in [-0.4, -0.2) is 51.9 Å². The van der Waals surface area contributed by atoms with Crippen molar-refractivity contribution in [3.05, 3.63) is 0 Å². The number of ketones is 1. The van der Waals surface area contributed by atoms with Gasteiger partial charge in [-0.05, 0) is 25.2 Å². The van der Waals surface area contributed by atoms with E-state index in [1.807, 2.05) is 13.8 Å². The van der Waals surface area contributed by atoms with Crippen LogP contribution in [0.15, 0.2) is 0 Å². The van der Waals surface area contributed by atoms with Crippen molar-refractivity contribution >= 4 is 28.4 Å². The lowest BCUT2D eigenvalue weighted by Crippen LogP contribution is -2.57. The van der Waals surface area contributed by atoms with Crippen LogP contribution in [0.3, 0.4) is 0 Å². The zero-order valence-electron chi connectivity index (χ0n) is 15.4. The minimum Gasteiger partial charge on any atom is -0.344 e. The first-order valence-electron chi connectivity index (χ1n) is 8.14. The summed E-state index contributed by atoms with van der Waals surface area (Å²) in [6.45, 7) is 8.71. The van der Waals surface area contributed by atoms with Crippen LogP contribution in [0, 0.1) is 11.8 Å². The van der Waals surface area contributed by atoms with E-state index in [1.165, 1.54) is 6.92 Å². The Balaban J connectivity index is 4.90. The predicted molar refractivity (Wildman–Crippen MR) is 95.7 cm³/mol. The normalized spacial score (nSPS) is 16.4. The molecular weight excluding hydrogens is 330 g/mol. The van der Waals surface area contributed by atoms with E-state index in [0.717, 1.165) is 0 Å². The third kappa shape index (κ3) is 8.01. The van der Waals surface area contributed by atoms with Crippen LogP contribution in [0.5, 0.6) is 0 Å². The molecule has 4 N–H and O–H groups in total. The standard InChI is InChI=1S/C16H31N3O4S/c1-9(2)13(11(5)20)18-16(22)14(10(3)4)19-15(21)12(17)7-8-24(6)23/h9-10,12-14H,7-8,17H2,1-6H3,(H,18,22)(H,19,21). The van der Waals surface area contributed by atoms with Gasteiger partial charge < -0.3 is 16.4 Å². The molecule has 0 aliphatic heterocycles. The van der Waals surface area contributed by atoms with Gasteiger partial charge >= 0.3 is 0 Å². The van der Waals surface area contributed by atoms with E-state index in [-0.39, 0.29) is 24.0 Å². The number of carbonyl (C=O) groups is 3. The lowest BCUT2D eigenvalue weighted by atomic mass is 9.98. The van der Waals surface area contributed by atoms with Crippen molar-refractivity contribution in [3.8, 4) is 0 Å². The molecule has 0 saturated carbocycles. The summed E-state index contributed by atoms with van der Waals surface area (Å²) >= 11 is 0. The summed E-state index contributed by atoms with van der Waals surface area (Å²) < 4.78 is 11.1. The van der Waals surface area contributed by atoms with Crippen molar-refractivity contribution in [2.45, 2.75) is 59.2 Å². The first-order chi connectivity index (χ1) is 11.0.